The molecule has 1 rings (SSSR count). The van der Waals surface area contributed by atoms with Crippen LogP contribution in [0.2, 0.25) is 0 Å². The normalized spacial score (nSPS) is 10.1. The molecular formula is C10H13O. The van der Waals surface area contributed by atoms with E-state index in [1.807, 2.05) is 0 Å². The van der Waals surface area contributed by atoms with Gasteiger partial charge in [0.25, 0.3) is 0 Å². The van der Waals surface area contributed by atoms with E-state index in [1.165, 1.54) is 11.1 Å². The van der Waals surface area contributed by atoms with Crippen molar-refractivity contribution in [2.45, 2.75) is 13.8 Å². The molecule has 0 spiro atoms. The van der Waals surface area contributed by atoms with Gasteiger partial charge in [-0.1, -0.05) is 29.3 Å². The van der Waals surface area contributed by atoms with Gasteiger partial charge in [0.1, 0.15) is 6.61 Å². The first-order valence-electron chi connectivity index (χ1n) is 3.66. The lowest BCUT2D eigenvalue weighted by Crippen LogP contribution is -1.86. The standard InChI is InChI=1S/C10H13O/c1-8-4-9(2)6-10(5-8)7-11-3/h4-7H,1-3H3. The van der Waals surface area contributed by atoms with Gasteiger partial charge in [-0.2, -0.15) is 0 Å². The summed E-state index contributed by atoms with van der Waals surface area (Å²) in [6, 6.07) is 6.33. The zero-order chi connectivity index (χ0) is 8.27. The van der Waals surface area contributed by atoms with Crippen molar-refractivity contribution < 1.29 is 4.74 Å². The predicted molar refractivity (Wildman–Crippen MR) is 46.3 cm³/mol. The minimum atomic E-state index is 1.13. The summed E-state index contributed by atoms with van der Waals surface area (Å²) in [7, 11) is 1.66. The van der Waals surface area contributed by atoms with E-state index in [0.29, 0.717) is 0 Å². The van der Waals surface area contributed by atoms with E-state index in [1.54, 1.807) is 13.7 Å². The fourth-order valence-corrected chi connectivity index (χ4v) is 1.21. The molecule has 0 aromatic heterocycles. The lowest BCUT2D eigenvalue weighted by atomic mass is 10.1. The molecule has 0 atom stereocenters. The summed E-state index contributed by atoms with van der Waals surface area (Å²) in [6.45, 7) is 5.92. The van der Waals surface area contributed by atoms with Crippen molar-refractivity contribution in [1.82, 2.24) is 0 Å². The topological polar surface area (TPSA) is 9.23 Å². The molecule has 0 N–H and O–H groups in total. The van der Waals surface area contributed by atoms with Gasteiger partial charge in [0.15, 0.2) is 0 Å². The van der Waals surface area contributed by atoms with E-state index in [-0.39, 0.29) is 0 Å². The van der Waals surface area contributed by atoms with Crippen LogP contribution >= 0.6 is 0 Å². The lowest BCUT2D eigenvalue weighted by Gasteiger charge is -2.01. The fraction of sp³-hybridized carbons (Fsp3) is 0.300. The van der Waals surface area contributed by atoms with Crippen molar-refractivity contribution in [1.29, 1.82) is 0 Å². The van der Waals surface area contributed by atoms with Crippen LogP contribution in [-0.2, 0) is 4.74 Å². The first-order valence-corrected chi connectivity index (χ1v) is 3.66. The van der Waals surface area contributed by atoms with E-state index in [9.17, 15) is 0 Å². The summed E-state index contributed by atoms with van der Waals surface area (Å²) in [4.78, 5) is 0. The first kappa shape index (κ1) is 8.28. The molecule has 1 aromatic rings. The van der Waals surface area contributed by atoms with Crippen LogP contribution in [0.5, 0.6) is 0 Å². The Hall–Kier alpha value is -0.820. The highest BCUT2D eigenvalue weighted by Gasteiger charge is 1.94. The Morgan fingerprint density at radius 1 is 1.09 bits per heavy atom. The van der Waals surface area contributed by atoms with Gasteiger partial charge in [-0.15, -0.1) is 0 Å². The molecule has 0 amide bonds. The smallest absolute Gasteiger partial charge is 0.112 e. The molecule has 11 heavy (non-hydrogen) atoms. The van der Waals surface area contributed by atoms with Crippen molar-refractivity contribution in [3.8, 4) is 0 Å². The van der Waals surface area contributed by atoms with Crippen molar-refractivity contribution in [2.24, 2.45) is 0 Å². The minimum absolute atomic E-state index is 1.13. The molecule has 1 nitrogen and oxygen atoms in total. The maximum Gasteiger partial charge on any atom is 0.112 e. The molecule has 1 aromatic carbocycles. The third-order valence-corrected chi connectivity index (χ3v) is 1.50. The zero-order valence-corrected chi connectivity index (χ0v) is 7.22. The Kier molecular flexibility index (Phi) is 2.66. The third kappa shape index (κ3) is 2.35. The zero-order valence-electron chi connectivity index (χ0n) is 7.22. The van der Waals surface area contributed by atoms with Gasteiger partial charge in [0, 0.05) is 7.11 Å². The van der Waals surface area contributed by atoms with Gasteiger partial charge in [0.2, 0.25) is 0 Å². The van der Waals surface area contributed by atoms with Crippen LogP contribution in [-0.4, -0.2) is 7.11 Å². The highest BCUT2D eigenvalue weighted by Crippen LogP contribution is 2.10. The number of rotatable bonds is 2. The minimum Gasteiger partial charge on any atom is -0.374 e. The molecule has 59 valence electrons. The molecule has 0 aliphatic carbocycles. The molecule has 1 heteroatoms. The van der Waals surface area contributed by atoms with Crippen LogP contribution in [0.25, 0.3) is 0 Å². The largest absolute Gasteiger partial charge is 0.374 e. The summed E-state index contributed by atoms with van der Waals surface area (Å²) in [5.74, 6) is 0. The maximum atomic E-state index is 4.91. The van der Waals surface area contributed by atoms with Gasteiger partial charge in [-0.05, 0) is 19.4 Å². The Labute approximate surface area is 68.0 Å². The third-order valence-electron chi connectivity index (χ3n) is 1.50. The second kappa shape index (κ2) is 3.54. The average Bonchev–Trinajstić information content (AvgIpc) is 1.85. The lowest BCUT2D eigenvalue weighted by molar-refractivity contribution is 0.292. The van der Waals surface area contributed by atoms with E-state index >= 15 is 0 Å². The molecule has 0 saturated carbocycles. The van der Waals surface area contributed by atoms with Crippen LogP contribution in [0.4, 0.5) is 0 Å². The molecule has 1 radical (unpaired) electrons. The highest BCUT2D eigenvalue weighted by atomic mass is 16.5. The molecule has 0 fully saturated rings. The second-order valence-corrected chi connectivity index (χ2v) is 2.77. The van der Waals surface area contributed by atoms with Crippen molar-refractivity contribution in [3.05, 3.63) is 41.5 Å². The molecular weight excluding hydrogens is 136 g/mol. The number of hydrogen-bond acceptors (Lipinski definition) is 1. The van der Waals surface area contributed by atoms with Gasteiger partial charge in [-0.3, -0.25) is 0 Å². The van der Waals surface area contributed by atoms with E-state index in [2.05, 4.69) is 32.0 Å². The number of methoxy groups -OCH3 is 1. The number of benzene rings is 1. The Bertz CT molecular complexity index is 220. The summed E-state index contributed by atoms with van der Waals surface area (Å²) < 4.78 is 4.91. The van der Waals surface area contributed by atoms with Crippen LogP contribution in [0.3, 0.4) is 0 Å². The monoisotopic (exact) mass is 149 g/mol. The summed E-state index contributed by atoms with van der Waals surface area (Å²) >= 11 is 0. The quantitative estimate of drug-likeness (QED) is 0.627. The van der Waals surface area contributed by atoms with Crippen molar-refractivity contribution in [2.75, 3.05) is 7.11 Å². The first-order chi connectivity index (χ1) is 5.22. The molecule has 0 aliphatic rings. The summed E-state index contributed by atoms with van der Waals surface area (Å²) in [6.07, 6.45) is 0. The second-order valence-electron chi connectivity index (χ2n) is 2.77. The van der Waals surface area contributed by atoms with Crippen LogP contribution < -0.4 is 0 Å². The van der Waals surface area contributed by atoms with E-state index in [4.69, 9.17) is 4.74 Å². The van der Waals surface area contributed by atoms with Gasteiger partial charge in [-0.25, -0.2) is 0 Å². The van der Waals surface area contributed by atoms with Crippen molar-refractivity contribution >= 4 is 0 Å². The Morgan fingerprint density at radius 3 is 2.09 bits per heavy atom. The number of ether oxygens (including phenoxy) is 1. The maximum absolute atomic E-state index is 4.91. The fourth-order valence-electron chi connectivity index (χ4n) is 1.21. The van der Waals surface area contributed by atoms with Gasteiger partial charge >= 0.3 is 0 Å². The highest BCUT2D eigenvalue weighted by molar-refractivity contribution is 5.31. The Balaban J connectivity index is 2.89. The van der Waals surface area contributed by atoms with Crippen LogP contribution in [0.15, 0.2) is 18.2 Å². The molecule has 0 unspecified atom stereocenters. The molecule has 0 bridgehead atoms. The van der Waals surface area contributed by atoms with Gasteiger partial charge < -0.3 is 4.74 Å². The number of aryl methyl sites for hydroxylation is 2. The van der Waals surface area contributed by atoms with E-state index < -0.39 is 0 Å². The summed E-state index contributed by atoms with van der Waals surface area (Å²) in [5, 5.41) is 0. The molecule has 0 aliphatic heterocycles. The summed E-state index contributed by atoms with van der Waals surface area (Å²) in [5.41, 5.74) is 3.67. The van der Waals surface area contributed by atoms with Crippen LogP contribution in [0, 0.1) is 20.5 Å². The molecule has 0 saturated heterocycles. The van der Waals surface area contributed by atoms with Crippen LogP contribution in [0.1, 0.15) is 16.7 Å². The van der Waals surface area contributed by atoms with E-state index in [0.717, 1.165) is 5.56 Å². The SMILES string of the molecule is CO[CH]c1cc(C)cc(C)c1. The van der Waals surface area contributed by atoms with Gasteiger partial charge in [0.05, 0.1) is 0 Å². The number of hydrogen-bond donors (Lipinski definition) is 0. The average molecular weight is 149 g/mol. The predicted octanol–water partition coefficient (Wildman–Crippen LogP) is 2.46. The molecule has 0 heterocycles. The Morgan fingerprint density at radius 2 is 1.64 bits per heavy atom. The van der Waals surface area contributed by atoms with Crippen molar-refractivity contribution in [3.63, 3.8) is 0 Å².